The zero-order valence-corrected chi connectivity index (χ0v) is 18.1. The first-order valence-electron chi connectivity index (χ1n) is 9.36. The summed E-state index contributed by atoms with van der Waals surface area (Å²) in [6.45, 7) is 9.76. The monoisotopic (exact) mass is 405 g/mol. The normalized spacial score (nSPS) is 11.3. The van der Waals surface area contributed by atoms with Crippen molar-refractivity contribution in [1.82, 2.24) is 14.5 Å². The van der Waals surface area contributed by atoms with E-state index in [4.69, 9.17) is 0 Å². The number of carbonyl (C=O) groups excluding carboxylic acids is 1. The van der Waals surface area contributed by atoms with Crippen LogP contribution in [-0.2, 0) is 18.3 Å². The molecule has 152 valence electrons. The van der Waals surface area contributed by atoms with Crippen LogP contribution in [-0.4, -0.2) is 38.2 Å². The Morgan fingerprint density at radius 1 is 1.18 bits per heavy atom. The molecule has 0 aliphatic heterocycles. The Hall–Kier alpha value is -2.15. The number of rotatable bonds is 7. The van der Waals surface area contributed by atoms with E-state index in [0.29, 0.717) is 22.8 Å². The lowest BCUT2D eigenvalue weighted by Crippen LogP contribution is -2.43. The molecule has 28 heavy (non-hydrogen) atoms. The van der Waals surface area contributed by atoms with Crippen molar-refractivity contribution in [1.29, 1.82) is 0 Å². The molecule has 0 atom stereocenters. The van der Waals surface area contributed by atoms with Gasteiger partial charge < -0.3 is 4.90 Å². The zero-order chi connectivity index (χ0) is 21.0. The average Bonchev–Trinajstić information content (AvgIpc) is 2.61. The van der Waals surface area contributed by atoms with Gasteiger partial charge in [0.1, 0.15) is 5.82 Å². The first-order valence-corrected chi connectivity index (χ1v) is 10.3. The minimum atomic E-state index is -0.306. The van der Waals surface area contributed by atoms with E-state index in [-0.39, 0.29) is 35.1 Å². The van der Waals surface area contributed by atoms with Gasteiger partial charge in [0.05, 0.1) is 5.75 Å². The first-order chi connectivity index (χ1) is 13.1. The number of hydrogen-bond donors (Lipinski definition) is 0. The lowest BCUT2D eigenvalue weighted by molar-refractivity contribution is -0.131. The average molecular weight is 406 g/mol. The van der Waals surface area contributed by atoms with Crippen LogP contribution in [0.4, 0.5) is 4.39 Å². The van der Waals surface area contributed by atoms with E-state index in [0.717, 1.165) is 5.56 Å². The van der Waals surface area contributed by atoms with Crippen LogP contribution >= 0.6 is 11.8 Å². The van der Waals surface area contributed by atoms with Crippen molar-refractivity contribution in [3.05, 3.63) is 57.3 Å². The maximum Gasteiger partial charge on any atom is 0.257 e. The van der Waals surface area contributed by atoms with Gasteiger partial charge >= 0.3 is 0 Å². The van der Waals surface area contributed by atoms with Crippen LogP contribution in [0, 0.1) is 12.7 Å². The molecule has 0 unspecified atom stereocenters. The van der Waals surface area contributed by atoms with Gasteiger partial charge in [0.15, 0.2) is 5.16 Å². The Kier molecular flexibility index (Phi) is 7.41. The summed E-state index contributed by atoms with van der Waals surface area (Å²) in [7, 11) is 1.67. The Morgan fingerprint density at radius 2 is 1.75 bits per heavy atom. The van der Waals surface area contributed by atoms with Gasteiger partial charge in [0, 0.05) is 36.8 Å². The van der Waals surface area contributed by atoms with E-state index in [1.807, 2.05) is 32.6 Å². The van der Waals surface area contributed by atoms with Gasteiger partial charge in [0.25, 0.3) is 5.56 Å². The number of aromatic nitrogens is 2. The summed E-state index contributed by atoms with van der Waals surface area (Å²) in [5.41, 5.74) is 1.92. The number of benzene rings is 1. The molecule has 0 aliphatic rings. The highest BCUT2D eigenvalue weighted by atomic mass is 32.2. The molecular formula is C21H28FN3O2S. The number of thioether (sulfide) groups is 1. The highest BCUT2D eigenvalue weighted by Crippen LogP contribution is 2.18. The largest absolute Gasteiger partial charge is 0.337 e. The van der Waals surface area contributed by atoms with Crippen molar-refractivity contribution in [2.45, 2.75) is 58.3 Å². The lowest BCUT2D eigenvalue weighted by Gasteiger charge is -2.30. The molecule has 1 aromatic carbocycles. The van der Waals surface area contributed by atoms with Gasteiger partial charge in [-0.25, -0.2) is 9.37 Å². The van der Waals surface area contributed by atoms with Gasteiger partial charge in [-0.15, -0.1) is 0 Å². The van der Waals surface area contributed by atoms with Gasteiger partial charge in [0.2, 0.25) is 5.91 Å². The Bertz CT molecular complexity index is 884. The SMILES string of the molecule is Cc1nc(SCC(=O)N(C(C)C)C(C)C)n(C)c(=O)c1Cc1ccc(F)cc1. The van der Waals surface area contributed by atoms with Crippen LogP contribution in [0.15, 0.2) is 34.2 Å². The lowest BCUT2D eigenvalue weighted by atomic mass is 10.1. The van der Waals surface area contributed by atoms with E-state index in [1.54, 1.807) is 26.1 Å². The van der Waals surface area contributed by atoms with Crippen molar-refractivity contribution in [2.75, 3.05) is 5.75 Å². The van der Waals surface area contributed by atoms with Gasteiger partial charge in [-0.3, -0.25) is 14.2 Å². The second kappa shape index (κ2) is 9.37. The summed E-state index contributed by atoms with van der Waals surface area (Å²) in [5.74, 6) is -0.0510. The summed E-state index contributed by atoms with van der Waals surface area (Å²) in [6, 6.07) is 6.33. The van der Waals surface area contributed by atoms with Crippen molar-refractivity contribution in [3.63, 3.8) is 0 Å². The maximum absolute atomic E-state index is 13.1. The van der Waals surface area contributed by atoms with Crippen molar-refractivity contribution < 1.29 is 9.18 Å². The third-order valence-corrected chi connectivity index (χ3v) is 5.58. The Morgan fingerprint density at radius 3 is 2.29 bits per heavy atom. The number of aryl methyl sites for hydroxylation is 1. The minimum Gasteiger partial charge on any atom is -0.337 e. The van der Waals surface area contributed by atoms with Crippen molar-refractivity contribution >= 4 is 17.7 Å². The Labute approximate surface area is 170 Å². The second-order valence-corrected chi connectivity index (χ2v) is 8.35. The molecule has 1 heterocycles. The predicted octanol–water partition coefficient (Wildman–Crippen LogP) is 3.56. The highest BCUT2D eigenvalue weighted by molar-refractivity contribution is 7.99. The fourth-order valence-electron chi connectivity index (χ4n) is 3.24. The zero-order valence-electron chi connectivity index (χ0n) is 17.3. The molecule has 0 radical (unpaired) electrons. The second-order valence-electron chi connectivity index (χ2n) is 7.40. The van der Waals surface area contributed by atoms with E-state index < -0.39 is 0 Å². The van der Waals surface area contributed by atoms with Crippen LogP contribution < -0.4 is 5.56 Å². The molecule has 0 spiro atoms. The van der Waals surface area contributed by atoms with Crippen molar-refractivity contribution in [2.24, 2.45) is 7.05 Å². The van der Waals surface area contributed by atoms with Gasteiger partial charge in [-0.2, -0.15) is 0 Å². The van der Waals surface area contributed by atoms with E-state index in [1.165, 1.54) is 28.5 Å². The standard InChI is InChI=1S/C21H28FN3O2S/c1-13(2)25(14(3)4)19(26)12-28-21-23-15(5)18(20(27)24(21)6)11-16-7-9-17(22)10-8-16/h7-10,13-14H,11-12H2,1-6H3. The first kappa shape index (κ1) is 22.1. The maximum atomic E-state index is 13.1. The fourth-order valence-corrected chi connectivity index (χ4v) is 4.12. The number of halogens is 1. The number of nitrogens with zero attached hydrogens (tertiary/aromatic N) is 3. The summed E-state index contributed by atoms with van der Waals surface area (Å²) < 4.78 is 14.6. The minimum absolute atomic E-state index is 0.0253. The third kappa shape index (κ3) is 5.22. The van der Waals surface area contributed by atoms with E-state index >= 15 is 0 Å². The molecule has 0 aliphatic carbocycles. The summed E-state index contributed by atoms with van der Waals surface area (Å²) >= 11 is 1.27. The molecule has 0 fully saturated rings. The number of carbonyl (C=O) groups is 1. The summed E-state index contributed by atoms with van der Waals surface area (Å²) in [4.78, 5) is 31.8. The van der Waals surface area contributed by atoms with E-state index in [2.05, 4.69) is 4.98 Å². The summed E-state index contributed by atoms with van der Waals surface area (Å²) in [5, 5.41) is 0.520. The van der Waals surface area contributed by atoms with Gasteiger partial charge in [-0.1, -0.05) is 23.9 Å². The molecule has 2 rings (SSSR count). The molecule has 0 saturated carbocycles. The smallest absolute Gasteiger partial charge is 0.257 e. The molecule has 0 N–H and O–H groups in total. The predicted molar refractivity (Wildman–Crippen MR) is 111 cm³/mol. The molecule has 2 aromatic rings. The number of hydrogen-bond acceptors (Lipinski definition) is 4. The third-order valence-electron chi connectivity index (χ3n) is 4.57. The Balaban J connectivity index is 2.20. The number of amides is 1. The van der Waals surface area contributed by atoms with Crippen LogP contribution in [0.3, 0.4) is 0 Å². The molecular weight excluding hydrogens is 377 g/mol. The van der Waals surface area contributed by atoms with Crippen LogP contribution in [0.25, 0.3) is 0 Å². The van der Waals surface area contributed by atoms with E-state index in [9.17, 15) is 14.0 Å². The van der Waals surface area contributed by atoms with Gasteiger partial charge in [-0.05, 0) is 52.3 Å². The molecule has 7 heteroatoms. The summed E-state index contributed by atoms with van der Waals surface area (Å²) in [6.07, 6.45) is 0.393. The quantitative estimate of drug-likeness (QED) is 0.522. The van der Waals surface area contributed by atoms with Crippen LogP contribution in [0.1, 0.15) is 44.5 Å². The van der Waals surface area contributed by atoms with Crippen LogP contribution in [0.2, 0.25) is 0 Å². The fraction of sp³-hybridized carbons (Fsp3) is 0.476. The van der Waals surface area contributed by atoms with Crippen LogP contribution in [0.5, 0.6) is 0 Å². The molecule has 1 amide bonds. The van der Waals surface area contributed by atoms with Crippen molar-refractivity contribution in [3.8, 4) is 0 Å². The molecule has 5 nitrogen and oxygen atoms in total. The molecule has 0 bridgehead atoms. The molecule has 0 saturated heterocycles. The topological polar surface area (TPSA) is 55.2 Å². The molecule has 1 aromatic heterocycles. The highest BCUT2D eigenvalue weighted by Gasteiger charge is 2.21.